The Morgan fingerprint density at radius 2 is 2.00 bits per heavy atom. The highest BCUT2D eigenvalue weighted by atomic mass is 16.3. The Hall–Kier alpha value is -1.24. The van der Waals surface area contributed by atoms with Gasteiger partial charge in [0.1, 0.15) is 5.58 Å². The summed E-state index contributed by atoms with van der Waals surface area (Å²) in [5, 5.41) is 1.20. The summed E-state index contributed by atoms with van der Waals surface area (Å²) in [6.07, 6.45) is 1.74. The predicted molar refractivity (Wildman–Crippen MR) is 55.0 cm³/mol. The smallest absolute Gasteiger partial charge is 0.134 e. The summed E-state index contributed by atoms with van der Waals surface area (Å²) in [5.74, 6) is 0.564. The summed E-state index contributed by atoms with van der Waals surface area (Å²) >= 11 is 0. The van der Waals surface area contributed by atoms with E-state index in [4.69, 9.17) is 4.42 Å². The van der Waals surface area contributed by atoms with Gasteiger partial charge in [-0.3, -0.25) is 0 Å². The second kappa shape index (κ2) is 2.91. The molecule has 0 saturated carbocycles. The largest absolute Gasteiger partial charge is 0.464 e. The SMILES string of the molecule is Cc1cc2ccoc2cc1C(C)C. The summed E-state index contributed by atoms with van der Waals surface area (Å²) < 4.78 is 5.36. The molecule has 1 aromatic carbocycles. The molecule has 0 saturated heterocycles. The van der Waals surface area contributed by atoms with Crippen molar-refractivity contribution in [3.63, 3.8) is 0 Å². The topological polar surface area (TPSA) is 13.1 Å². The lowest BCUT2D eigenvalue weighted by Gasteiger charge is -2.08. The predicted octanol–water partition coefficient (Wildman–Crippen LogP) is 3.86. The van der Waals surface area contributed by atoms with Gasteiger partial charge < -0.3 is 4.42 Å². The van der Waals surface area contributed by atoms with Crippen LogP contribution in [0, 0.1) is 6.92 Å². The van der Waals surface area contributed by atoms with E-state index in [1.807, 2.05) is 6.07 Å². The van der Waals surface area contributed by atoms with Crippen LogP contribution in [0.25, 0.3) is 11.0 Å². The lowest BCUT2D eigenvalue weighted by Crippen LogP contribution is -1.90. The number of fused-ring (bicyclic) bond motifs is 1. The summed E-state index contributed by atoms with van der Waals surface area (Å²) in [7, 11) is 0. The van der Waals surface area contributed by atoms with Gasteiger partial charge in [0.05, 0.1) is 6.26 Å². The third-order valence-corrected chi connectivity index (χ3v) is 2.46. The molecule has 0 unspecified atom stereocenters. The molecule has 1 heteroatoms. The van der Waals surface area contributed by atoms with Crippen molar-refractivity contribution in [1.29, 1.82) is 0 Å². The number of rotatable bonds is 1. The molecule has 0 aliphatic heterocycles. The van der Waals surface area contributed by atoms with Crippen molar-refractivity contribution in [1.82, 2.24) is 0 Å². The summed E-state index contributed by atoms with van der Waals surface area (Å²) in [6.45, 7) is 6.57. The Labute approximate surface area is 78.4 Å². The van der Waals surface area contributed by atoms with E-state index >= 15 is 0 Å². The van der Waals surface area contributed by atoms with Gasteiger partial charge in [0.15, 0.2) is 0 Å². The highest BCUT2D eigenvalue weighted by Gasteiger charge is 2.06. The molecule has 1 aromatic heterocycles. The molecule has 2 rings (SSSR count). The molecule has 2 aromatic rings. The van der Waals surface area contributed by atoms with E-state index < -0.39 is 0 Å². The van der Waals surface area contributed by atoms with Gasteiger partial charge in [0.25, 0.3) is 0 Å². The minimum atomic E-state index is 0.564. The molecule has 0 aliphatic rings. The van der Waals surface area contributed by atoms with Gasteiger partial charge in [-0.1, -0.05) is 13.8 Å². The summed E-state index contributed by atoms with van der Waals surface area (Å²) in [5.41, 5.74) is 3.72. The molecule has 1 nitrogen and oxygen atoms in total. The fraction of sp³-hybridized carbons (Fsp3) is 0.333. The van der Waals surface area contributed by atoms with Crippen LogP contribution in [0.5, 0.6) is 0 Å². The van der Waals surface area contributed by atoms with Gasteiger partial charge in [-0.15, -0.1) is 0 Å². The third kappa shape index (κ3) is 1.35. The molecule has 13 heavy (non-hydrogen) atoms. The highest BCUT2D eigenvalue weighted by molar-refractivity contribution is 5.79. The van der Waals surface area contributed by atoms with Crippen molar-refractivity contribution in [3.05, 3.63) is 35.6 Å². The monoisotopic (exact) mass is 174 g/mol. The van der Waals surface area contributed by atoms with Crippen LogP contribution in [0.4, 0.5) is 0 Å². The van der Waals surface area contributed by atoms with Crippen molar-refractivity contribution < 1.29 is 4.42 Å². The maximum atomic E-state index is 5.36. The number of benzene rings is 1. The second-order valence-electron chi connectivity index (χ2n) is 3.82. The van der Waals surface area contributed by atoms with E-state index in [0.717, 1.165) is 5.58 Å². The van der Waals surface area contributed by atoms with Crippen LogP contribution in [-0.2, 0) is 0 Å². The van der Waals surface area contributed by atoms with Crippen LogP contribution in [0.1, 0.15) is 30.9 Å². The minimum absolute atomic E-state index is 0.564. The first-order valence-corrected chi connectivity index (χ1v) is 4.66. The Bertz CT molecular complexity index is 424. The lowest BCUT2D eigenvalue weighted by atomic mass is 9.97. The molecule has 0 radical (unpaired) electrons. The molecule has 0 N–H and O–H groups in total. The van der Waals surface area contributed by atoms with Crippen LogP contribution >= 0.6 is 0 Å². The van der Waals surface area contributed by atoms with Gasteiger partial charge in [0.2, 0.25) is 0 Å². The highest BCUT2D eigenvalue weighted by Crippen LogP contribution is 2.25. The molecule has 0 amide bonds. The zero-order chi connectivity index (χ0) is 9.42. The van der Waals surface area contributed by atoms with Crippen molar-refractivity contribution in [2.24, 2.45) is 0 Å². The van der Waals surface area contributed by atoms with Gasteiger partial charge in [-0.05, 0) is 42.2 Å². The van der Waals surface area contributed by atoms with Crippen LogP contribution in [0.15, 0.2) is 28.9 Å². The lowest BCUT2D eigenvalue weighted by molar-refractivity contribution is 0.614. The molecular formula is C12H14O. The zero-order valence-corrected chi connectivity index (χ0v) is 8.29. The number of hydrogen-bond donors (Lipinski definition) is 0. The first kappa shape index (κ1) is 8.36. The fourth-order valence-electron chi connectivity index (χ4n) is 1.76. The molecule has 0 fully saturated rings. The normalized spacial score (nSPS) is 11.4. The van der Waals surface area contributed by atoms with Gasteiger partial charge in [-0.25, -0.2) is 0 Å². The van der Waals surface area contributed by atoms with E-state index in [9.17, 15) is 0 Å². The van der Waals surface area contributed by atoms with Gasteiger partial charge in [-0.2, -0.15) is 0 Å². The molecule has 0 spiro atoms. The Kier molecular flexibility index (Phi) is 1.87. The molecule has 0 atom stereocenters. The van der Waals surface area contributed by atoms with Crippen molar-refractivity contribution in [2.45, 2.75) is 26.7 Å². The fourth-order valence-corrected chi connectivity index (χ4v) is 1.76. The Morgan fingerprint density at radius 3 is 2.69 bits per heavy atom. The first-order valence-electron chi connectivity index (χ1n) is 4.66. The van der Waals surface area contributed by atoms with Crippen molar-refractivity contribution in [3.8, 4) is 0 Å². The van der Waals surface area contributed by atoms with Gasteiger partial charge in [0, 0.05) is 5.39 Å². The Balaban J connectivity index is 2.69. The molecule has 1 heterocycles. The van der Waals surface area contributed by atoms with E-state index in [1.54, 1.807) is 6.26 Å². The molecular weight excluding hydrogens is 160 g/mol. The second-order valence-corrected chi connectivity index (χ2v) is 3.82. The quantitative estimate of drug-likeness (QED) is 0.639. The average molecular weight is 174 g/mol. The van der Waals surface area contributed by atoms with Crippen LogP contribution in [0.3, 0.4) is 0 Å². The van der Waals surface area contributed by atoms with Crippen LogP contribution in [0.2, 0.25) is 0 Å². The molecule has 0 aliphatic carbocycles. The van der Waals surface area contributed by atoms with E-state index in [2.05, 4.69) is 32.9 Å². The average Bonchev–Trinajstić information content (AvgIpc) is 2.48. The maximum Gasteiger partial charge on any atom is 0.134 e. The van der Waals surface area contributed by atoms with E-state index in [-0.39, 0.29) is 0 Å². The van der Waals surface area contributed by atoms with E-state index in [1.165, 1.54) is 16.5 Å². The summed E-state index contributed by atoms with van der Waals surface area (Å²) in [6, 6.07) is 6.34. The summed E-state index contributed by atoms with van der Waals surface area (Å²) in [4.78, 5) is 0. The Morgan fingerprint density at radius 1 is 1.23 bits per heavy atom. The van der Waals surface area contributed by atoms with Crippen molar-refractivity contribution in [2.75, 3.05) is 0 Å². The third-order valence-electron chi connectivity index (χ3n) is 2.46. The van der Waals surface area contributed by atoms with Crippen LogP contribution in [-0.4, -0.2) is 0 Å². The zero-order valence-electron chi connectivity index (χ0n) is 8.29. The molecule has 68 valence electrons. The van der Waals surface area contributed by atoms with Crippen molar-refractivity contribution >= 4 is 11.0 Å². The number of aryl methyl sites for hydroxylation is 1. The maximum absolute atomic E-state index is 5.36. The van der Waals surface area contributed by atoms with Gasteiger partial charge >= 0.3 is 0 Å². The molecule has 0 bridgehead atoms. The number of furan rings is 1. The van der Waals surface area contributed by atoms with Crippen LogP contribution < -0.4 is 0 Å². The standard InChI is InChI=1S/C12H14O/c1-8(2)11-7-12-10(4-5-13-12)6-9(11)3/h4-8H,1-3H3. The minimum Gasteiger partial charge on any atom is -0.464 e. The first-order chi connectivity index (χ1) is 6.18. The number of hydrogen-bond acceptors (Lipinski definition) is 1. The van der Waals surface area contributed by atoms with E-state index in [0.29, 0.717) is 5.92 Å².